The van der Waals surface area contributed by atoms with Crippen LogP contribution in [0.4, 0.5) is 8.78 Å². The van der Waals surface area contributed by atoms with Crippen molar-refractivity contribution >= 4 is 22.0 Å². The summed E-state index contributed by atoms with van der Waals surface area (Å²) in [6.07, 6.45) is 2.56. The van der Waals surface area contributed by atoms with Crippen molar-refractivity contribution in [2.24, 2.45) is 11.8 Å². The first-order chi connectivity index (χ1) is 17.1. The van der Waals surface area contributed by atoms with E-state index in [-0.39, 0.29) is 37.4 Å². The van der Waals surface area contributed by atoms with Gasteiger partial charge in [-0.25, -0.2) is 8.78 Å². The molecule has 36 heavy (non-hydrogen) atoms. The molecule has 0 aliphatic carbocycles. The van der Waals surface area contributed by atoms with Crippen molar-refractivity contribution in [1.82, 2.24) is 18.8 Å². The quantitative estimate of drug-likeness (QED) is 0.587. The predicted octanol–water partition coefficient (Wildman–Crippen LogP) is 1.94. The normalized spacial score (nSPS) is 24.7. The largest absolute Gasteiger partial charge is 0.348 e. The van der Waals surface area contributed by atoms with E-state index >= 15 is 0 Å². The third-order valence-corrected chi connectivity index (χ3v) is 9.20. The van der Waals surface area contributed by atoms with Crippen LogP contribution in [0.1, 0.15) is 50.6 Å². The molecule has 3 saturated heterocycles. The molecule has 3 aliphatic heterocycles. The van der Waals surface area contributed by atoms with E-state index in [1.807, 2.05) is 0 Å². The molecule has 1 N–H and O–H groups in total. The Hall–Kier alpha value is -2.62. The Balaban J connectivity index is 1.41. The Labute approximate surface area is 210 Å². The van der Waals surface area contributed by atoms with Crippen molar-refractivity contribution in [2.75, 3.05) is 32.7 Å². The number of amides is 2. The number of hydrogen-bond acceptors (Lipinski definition) is 5. The molecule has 0 unspecified atom stereocenters. The standard InChI is InChI=1S/C24H31F2N5O4S/c1-2-21(18-9-19(25)11-20(26)10-18)28-23(32)22-6-4-8-31(22)24(33)17-5-3-7-29(15-17)36(34,35)30-13-16(12-27)14-30/h9-11,16-17,21-22H,2-8,13-15H2,1H3,(H,28,32)/t17-,21+,22+/m0/s1. The van der Waals surface area contributed by atoms with Crippen LogP contribution in [0.15, 0.2) is 18.2 Å². The summed E-state index contributed by atoms with van der Waals surface area (Å²) in [6, 6.07) is 3.87. The van der Waals surface area contributed by atoms with Gasteiger partial charge in [0.2, 0.25) is 11.8 Å². The van der Waals surface area contributed by atoms with E-state index in [1.165, 1.54) is 25.6 Å². The summed E-state index contributed by atoms with van der Waals surface area (Å²) in [6.45, 7) is 2.86. The molecule has 1 aromatic carbocycles. The SMILES string of the molecule is CC[C@@H](NC(=O)[C@H]1CCCN1C(=O)[C@H]1CCCN(S(=O)(=O)N2CC(C#N)C2)C1)c1cc(F)cc(F)c1. The molecule has 3 fully saturated rings. The Bertz CT molecular complexity index is 1130. The third-order valence-electron chi connectivity index (χ3n) is 7.27. The van der Waals surface area contributed by atoms with Crippen LogP contribution in [-0.2, 0) is 19.8 Å². The molecule has 2 amide bonds. The number of benzene rings is 1. The van der Waals surface area contributed by atoms with Gasteiger partial charge < -0.3 is 10.2 Å². The molecule has 4 rings (SSSR count). The van der Waals surface area contributed by atoms with Gasteiger partial charge in [-0.15, -0.1) is 0 Å². The van der Waals surface area contributed by atoms with Crippen molar-refractivity contribution in [3.8, 4) is 6.07 Å². The predicted molar refractivity (Wildman–Crippen MR) is 126 cm³/mol. The highest BCUT2D eigenvalue weighted by Crippen LogP contribution is 2.29. The Morgan fingerprint density at radius 1 is 1.08 bits per heavy atom. The van der Waals surface area contributed by atoms with E-state index in [1.54, 1.807) is 6.92 Å². The van der Waals surface area contributed by atoms with Crippen molar-refractivity contribution < 1.29 is 26.8 Å². The van der Waals surface area contributed by atoms with Crippen molar-refractivity contribution in [1.29, 1.82) is 5.26 Å². The summed E-state index contributed by atoms with van der Waals surface area (Å²) in [5.41, 5.74) is 0.317. The molecular weight excluding hydrogens is 492 g/mol. The number of carbonyl (C=O) groups is 2. The fourth-order valence-corrected chi connectivity index (χ4v) is 7.02. The molecule has 0 radical (unpaired) electrons. The number of nitrogens with one attached hydrogen (secondary N) is 1. The second-order valence-corrected chi connectivity index (χ2v) is 11.6. The lowest BCUT2D eigenvalue weighted by Gasteiger charge is -2.41. The van der Waals surface area contributed by atoms with Gasteiger partial charge >= 0.3 is 0 Å². The number of carbonyl (C=O) groups excluding carboxylic acids is 2. The number of likely N-dealkylation sites (tertiary alicyclic amines) is 1. The van der Waals surface area contributed by atoms with Crippen LogP contribution in [0.3, 0.4) is 0 Å². The van der Waals surface area contributed by atoms with Gasteiger partial charge in [0.25, 0.3) is 10.2 Å². The maximum atomic E-state index is 13.7. The highest BCUT2D eigenvalue weighted by Gasteiger charge is 2.44. The van der Waals surface area contributed by atoms with Gasteiger partial charge in [-0.1, -0.05) is 6.92 Å². The lowest BCUT2D eigenvalue weighted by molar-refractivity contribution is -0.142. The van der Waals surface area contributed by atoms with E-state index in [4.69, 9.17) is 5.26 Å². The number of nitriles is 1. The number of piperidine rings is 1. The third kappa shape index (κ3) is 5.38. The molecule has 0 saturated carbocycles. The first-order valence-electron chi connectivity index (χ1n) is 12.4. The average Bonchev–Trinajstić information content (AvgIpc) is 3.30. The summed E-state index contributed by atoms with van der Waals surface area (Å²) in [4.78, 5) is 28.1. The monoisotopic (exact) mass is 523 g/mol. The second kappa shape index (κ2) is 10.8. The van der Waals surface area contributed by atoms with Gasteiger partial charge in [0.05, 0.1) is 23.9 Å². The van der Waals surface area contributed by atoms with Crippen LogP contribution in [0, 0.1) is 34.8 Å². The summed E-state index contributed by atoms with van der Waals surface area (Å²) in [7, 11) is -3.74. The zero-order valence-corrected chi connectivity index (χ0v) is 21.0. The fraction of sp³-hybridized carbons (Fsp3) is 0.625. The molecule has 3 heterocycles. The topological polar surface area (TPSA) is 114 Å². The van der Waals surface area contributed by atoms with Crippen LogP contribution in [0.25, 0.3) is 0 Å². The minimum absolute atomic E-state index is 0.0415. The van der Waals surface area contributed by atoms with E-state index in [0.717, 1.165) is 6.07 Å². The summed E-state index contributed by atoms with van der Waals surface area (Å²) >= 11 is 0. The molecule has 9 nitrogen and oxygen atoms in total. The van der Waals surface area contributed by atoms with Crippen LogP contribution >= 0.6 is 0 Å². The maximum Gasteiger partial charge on any atom is 0.282 e. The van der Waals surface area contributed by atoms with Gasteiger partial charge in [0.1, 0.15) is 17.7 Å². The number of halogens is 2. The van der Waals surface area contributed by atoms with E-state index < -0.39 is 39.8 Å². The van der Waals surface area contributed by atoms with Crippen molar-refractivity contribution in [2.45, 2.75) is 51.1 Å². The molecule has 0 spiro atoms. The van der Waals surface area contributed by atoms with Gasteiger partial charge in [-0.2, -0.15) is 22.3 Å². The highest BCUT2D eigenvalue weighted by molar-refractivity contribution is 7.86. The smallest absolute Gasteiger partial charge is 0.282 e. The summed E-state index contributed by atoms with van der Waals surface area (Å²) in [5.74, 6) is -2.96. The van der Waals surface area contributed by atoms with Gasteiger partial charge in [0.15, 0.2) is 0 Å². The van der Waals surface area contributed by atoms with Crippen LogP contribution in [0.2, 0.25) is 0 Å². The van der Waals surface area contributed by atoms with Gasteiger partial charge in [-0.05, 0) is 49.8 Å². The van der Waals surface area contributed by atoms with Crippen molar-refractivity contribution in [3.63, 3.8) is 0 Å². The van der Waals surface area contributed by atoms with E-state index in [9.17, 15) is 26.8 Å². The van der Waals surface area contributed by atoms with Gasteiger partial charge in [-0.3, -0.25) is 9.59 Å². The molecule has 1 aromatic rings. The highest BCUT2D eigenvalue weighted by atomic mass is 32.2. The molecule has 196 valence electrons. The molecular formula is C24H31F2N5O4S. The first-order valence-corrected chi connectivity index (χ1v) is 13.8. The summed E-state index contributed by atoms with van der Waals surface area (Å²) < 4.78 is 55.8. The lowest BCUT2D eigenvalue weighted by atomic mass is 9.97. The zero-order valence-electron chi connectivity index (χ0n) is 20.2. The minimum Gasteiger partial charge on any atom is -0.348 e. The van der Waals surface area contributed by atoms with Crippen LogP contribution in [0.5, 0.6) is 0 Å². The Morgan fingerprint density at radius 3 is 2.39 bits per heavy atom. The van der Waals surface area contributed by atoms with Crippen LogP contribution < -0.4 is 5.32 Å². The number of rotatable bonds is 7. The molecule has 3 aliphatic rings. The minimum atomic E-state index is -3.74. The van der Waals surface area contributed by atoms with Gasteiger partial charge in [0, 0.05) is 38.8 Å². The van der Waals surface area contributed by atoms with Crippen molar-refractivity contribution in [3.05, 3.63) is 35.4 Å². The van der Waals surface area contributed by atoms with E-state index in [2.05, 4.69) is 11.4 Å². The molecule has 12 heteroatoms. The average molecular weight is 524 g/mol. The Kier molecular flexibility index (Phi) is 7.92. The number of nitrogens with zero attached hydrogens (tertiary/aromatic N) is 4. The maximum absolute atomic E-state index is 13.7. The van der Waals surface area contributed by atoms with E-state index in [0.29, 0.717) is 50.8 Å². The lowest BCUT2D eigenvalue weighted by Crippen LogP contribution is -2.57. The molecule has 0 aromatic heterocycles. The summed E-state index contributed by atoms with van der Waals surface area (Å²) in [5, 5.41) is 11.8. The Morgan fingerprint density at radius 2 is 1.75 bits per heavy atom. The first kappa shape index (κ1) is 26.4. The van der Waals surface area contributed by atoms with Crippen LogP contribution in [-0.4, -0.2) is 72.5 Å². The number of hydrogen-bond donors (Lipinski definition) is 1. The zero-order chi connectivity index (χ0) is 26.0. The molecule has 0 bridgehead atoms. The molecule has 3 atom stereocenters. The fourth-order valence-electron chi connectivity index (χ4n) is 5.23. The second-order valence-electron chi connectivity index (χ2n) is 9.71.